The molecular weight excluding hydrogens is 252 g/mol. The number of hydrogen-bond acceptors (Lipinski definition) is 3. The van der Waals surface area contributed by atoms with E-state index in [1.54, 1.807) is 0 Å². The van der Waals surface area contributed by atoms with Gasteiger partial charge in [-0.3, -0.25) is 9.69 Å². The molecule has 0 aromatic heterocycles. The van der Waals surface area contributed by atoms with E-state index in [-0.39, 0.29) is 24.6 Å². The summed E-state index contributed by atoms with van der Waals surface area (Å²) in [6.45, 7) is 6.88. The Morgan fingerprint density at radius 3 is 2.50 bits per heavy atom. The first kappa shape index (κ1) is 17.4. The SMILES string of the molecule is CCCC(C)NC(=O)C(C)N(CCO)C1CCCCC1. The molecule has 2 atom stereocenters. The Hall–Kier alpha value is -0.610. The van der Waals surface area contributed by atoms with E-state index in [0.29, 0.717) is 12.6 Å². The lowest BCUT2D eigenvalue weighted by atomic mass is 9.93. The van der Waals surface area contributed by atoms with Gasteiger partial charge >= 0.3 is 0 Å². The fraction of sp³-hybridized carbons (Fsp3) is 0.938. The Labute approximate surface area is 123 Å². The summed E-state index contributed by atoms with van der Waals surface area (Å²) in [4.78, 5) is 14.6. The summed E-state index contributed by atoms with van der Waals surface area (Å²) in [7, 11) is 0. The van der Waals surface area contributed by atoms with E-state index in [1.165, 1.54) is 19.3 Å². The van der Waals surface area contributed by atoms with Gasteiger partial charge in [-0.1, -0.05) is 32.6 Å². The van der Waals surface area contributed by atoms with Gasteiger partial charge in [0, 0.05) is 18.6 Å². The Morgan fingerprint density at radius 2 is 1.95 bits per heavy atom. The topological polar surface area (TPSA) is 52.6 Å². The van der Waals surface area contributed by atoms with Crippen molar-refractivity contribution in [3.63, 3.8) is 0 Å². The highest BCUT2D eigenvalue weighted by molar-refractivity contribution is 5.81. The summed E-state index contributed by atoms with van der Waals surface area (Å²) in [5.74, 6) is 0.102. The lowest BCUT2D eigenvalue weighted by Crippen LogP contribution is -2.52. The number of nitrogens with zero attached hydrogens (tertiary/aromatic N) is 1. The van der Waals surface area contributed by atoms with Gasteiger partial charge in [0.05, 0.1) is 12.6 Å². The first-order valence-corrected chi connectivity index (χ1v) is 8.27. The fourth-order valence-corrected chi connectivity index (χ4v) is 3.24. The molecule has 0 bridgehead atoms. The van der Waals surface area contributed by atoms with Gasteiger partial charge in [-0.15, -0.1) is 0 Å². The van der Waals surface area contributed by atoms with E-state index < -0.39 is 0 Å². The predicted molar refractivity (Wildman–Crippen MR) is 82.6 cm³/mol. The lowest BCUT2D eigenvalue weighted by molar-refractivity contribution is -0.128. The first-order valence-electron chi connectivity index (χ1n) is 8.27. The molecule has 0 aromatic rings. The van der Waals surface area contributed by atoms with Gasteiger partial charge in [-0.05, 0) is 33.1 Å². The first-order chi connectivity index (χ1) is 9.60. The predicted octanol–water partition coefficient (Wildman–Crippen LogP) is 2.31. The van der Waals surface area contributed by atoms with E-state index in [0.717, 1.165) is 25.7 Å². The third kappa shape index (κ3) is 5.41. The van der Waals surface area contributed by atoms with Crippen molar-refractivity contribution in [2.45, 2.75) is 83.8 Å². The highest BCUT2D eigenvalue weighted by Gasteiger charge is 2.29. The van der Waals surface area contributed by atoms with Crippen molar-refractivity contribution in [3.8, 4) is 0 Å². The van der Waals surface area contributed by atoms with Crippen LogP contribution in [0, 0.1) is 0 Å². The molecule has 20 heavy (non-hydrogen) atoms. The van der Waals surface area contributed by atoms with Crippen LogP contribution in [-0.4, -0.2) is 47.2 Å². The Balaban J connectivity index is 2.57. The van der Waals surface area contributed by atoms with Crippen LogP contribution in [0.4, 0.5) is 0 Å². The van der Waals surface area contributed by atoms with Crippen LogP contribution in [0.1, 0.15) is 65.7 Å². The number of rotatable bonds is 8. The molecular formula is C16H32N2O2. The molecule has 4 heteroatoms. The van der Waals surface area contributed by atoms with Crippen LogP contribution in [-0.2, 0) is 4.79 Å². The Bertz CT molecular complexity index is 278. The van der Waals surface area contributed by atoms with Crippen LogP contribution in [0.25, 0.3) is 0 Å². The summed E-state index contributed by atoms with van der Waals surface area (Å²) in [5.41, 5.74) is 0. The van der Waals surface area contributed by atoms with Crippen LogP contribution in [0.2, 0.25) is 0 Å². The minimum atomic E-state index is -0.149. The molecule has 1 rings (SSSR count). The maximum atomic E-state index is 12.4. The second-order valence-electron chi connectivity index (χ2n) is 6.13. The van der Waals surface area contributed by atoms with Crippen LogP contribution in [0.5, 0.6) is 0 Å². The van der Waals surface area contributed by atoms with Gasteiger partial charge in [0.25, 0.3) is 0 Å². The minimum Gasteiger partial charge on any atom is -0.395 e. The van der Waals surface area contributed by atoms with Gasteiger partial charge < -0.3 is 10.4 Å². The standard InChI is InChI=1S/C16H32N2O2/c1-4-8-13(2)17-16(20)14(3)18(11-12-19)15-9-6-5-7-10-15/h13-15,19H,4-12H2,1-3H3,(H,17,20). The summed E-state index contributed by atoms with van der Waals surface area (Å²) in [5, 5.41) is 12.4. The molecule has 0 saturated heterocycles. The van der Waals surface area contributed by atoms with Crippen molar-refractivity contribution >= 4 is 5.91 Å². The summed E-state index contributed by atoms with van der Waals surface area (Å²) < 4.78 is 0. The molecule has 0 heterocycles. The van der Waals surface area contributed by atoms with Crippen molar-refractivity contribution in [3.05, 3.63) is 0 Å². The smallest absolute Gasteiger partial charge is 0.237 e. The highest BCUT2D eigenvalue weighted by Crippen LogP contribution is 2.24. The molecule has 1 saturated carbocycles. The zero-order chi connectivity index (χ0) is 15.0. The Morgan fingerprint density at radius 1 is 1.30 bits per heavy atom. The van der Waals surface area contributed by atoms with Gasteiger partial charge in [0.15, 0.2) is 0 Å². The maximum absolute atomic E-state index is 12.4. The molecule has 0 aromatic carbocycles. The van der Waals surface area contributed by atoms with Crippen molar-refractivity contribution in [1.29, 1.82) is 0 Å². The summed E-state index contributed by atoms with van der Waals surface area (Å²) >= 11 is 0. The van der Waals surface area contributed by atoms with Crippen molar-refractivity contribution in [2.75, 3.05) is 13.2 Å². The molecule has 1 aliphatic rings. The van der Waals surface area contributed by atoms with Crippen molar-refractivity contribution < 1.29 is 9.90 Å². The van der Waals surface area contributed by atoms with E-state index in [1.807, 2.05) is 6.92 Å². The van der Waals surface area contributed by atoms with E-state index in [2.05, 4.69) is 24.1 Å². The van der Waals surface area contributed by atoms with Crippen LogP contribution < -0.4 is 5.32 Å². The molecule has 1 amide bonds. The molecule has 1 fully saturated rings. The highest BCUT2D eigenvalue weighted by atomic mass is 16.3. The second-order valence-corrected chi connectivity index (χ2v) is 6.13. The molecule has 118 valence electrons. The average molecular weight is 284 g/mol. The summed E-state index contributed by atoms with van der Waals surface area (Å²) in [6.07, 6.45) is 8.20. The van der Waals surface area contributed by atoms with E-state index >= 15 is 0 Å². The molecule has 2 unspecified atom stereocenters. The molecule has 2 N–H and O–H groups in total. The normalized spacial score (nSPS) is 19.9. The van der Waals surface area contributed by atoms with Gasteiger partial charge in [-0.2, -0.15) is 0 Å². The molecule has 4 nitrogen and oxygen atoms in total. The van der Waals surface area contributed by atoms with E-state index in [9.17, 15) is 9.90 Å². The lowest BCUT2D eigenvalue weighted by Gasteiger charge is -2.37. The largest absolute Gasteiger partial charge is 0.395 e. The average Bonchev–Trinajstić information content (AvgIpc) is 2.45. The summed E-state index contributed by atoms with van der Waals surface area (Å²) in [6, 6.07) is 0.542. The minimum absolute atomic E-state index is 0.102. The molecule has 0 spiro atoms. The maximum Gasteiger partial charge on any atom is 0.237 e. The van der Waals surface area contributed by atoms with Gasteiger partial charge in [0.1, 0.15) is 0 Å². The number of carbonyl (C=O) groups is 1. The number of amides is 1. The third-order valence-corrected chi connectivity index (χ3v) is 4.39. The van der Waals surface area contributed by atoms with Crippen LogP contribution in [0.15, 0.2) is 0 Å². The van der Waals surface area contributed by atoms with Crippen LogP contribution >= 0.6 is 0 Å². The zero-order valence-corrected chi connectivity index (χ0v) is 13.4. The quantitative estimate of drug-likeness (QED) is 0.719. The van der Waals surface area contributed by atoms with E-state index in [4.69, 9.17) is 0 Å². The zero-order valence-electron chi connectivity index (χ0n) is 13.4. The number of aliphatic hydroxyl groups excluding tert-OH is 1. The monoisotopic (exact) mass is 284 g/mol. The molecule has 0 aliphatic heterocycles. The number of carbonyl (C=O) groups excluding carboxylic acids is 1. The van der Waals surface area contributed by atoms with Crippen LogP contribution in [0.3, 0.4) is 0 Å². The third-order valence-electron chi connectivity index (χ3n) is 4.39. The fourth-order valence-electron chi connectivity index (χ4n) is 3.24. The van der Waals surface area contributed by atoms with Gasteiger partial charge in [-0.25, -0.2) is 0 Å². The number of aliphatic hydroxyl groups is 1. The molecule has 1 aliphatic carbocycles. The Kier molecular flexibility index (Phi) is 8.15. The second kappa shape index (κ2) is 9.35. The van der Waals surface area contributed by atoms with Crippen molar-refractivity contribution in [2.24, 2.45) is 0 Å². The number of hydrogen-bond donors (Lipinski definition) is 2. The number of nitrogens with one attached hydrogen (secondary N) is 1. The van der Waals surface area contributed by atoms with Gasteiger partial charge in [0.2, 0.25) is 5.91 Å². The molecule has 0 radical (unpaired) electrons. The van der Waals surface area contributed by atoms with Crippen molar-refractivity contribution in [1.82, 2.24) is 10.2 Å².